The van der Waals surface area contributed by atoms with Crippen LogP contribution >= 0.6 is 34.5 Å². The van der Waals surface area contributed by atoms with Crippen LogP contribution in [0.15, 0.2) is 66.3 Å². The van der Waals surface area contributed by atoms with Crippen molar-refractivity contribution in [1.29, 1.82) is 0 Å². The summed E-state index contributed by atoms with van der Waals surface area (Å²) in [6.45, 7) is 0.737. The Hall–Kier alpha value is -2.87. The van der Waals surface area contributed by atoms with Gasteiger partial charge in [0.05, 0.1) is 11.4 Å². The van der Waals surface area contributed by atoms with Crippen molar-refractivity contribution in [3.8, 4) is 5.75 Å². The van der Waals surface area contributed by atoms with Crippen molar-refractivity contribution in [2.75, 3.05) is 5.32 Å². The molecule has 2 heterocycles. The van der Waals surface area contributed by atoms with E-state index in [1.807, 2.05) is 35.7 Å². The van der Waals surface area contributed by atoms with Gasteiger partial charge in [-0.05, 0) is 35.7 Å². The van der Waals surface area contributed by atoms with Crippen LogP contribution in [0.2, 0.25) is 10.0 Å². The molecule has 0 bridgehead atoms. The number of halogens is 2. The lowest BCUT2D eigenvalue weighted by atomic mass is 10.2. The number of benzene rings is 2. The Labute approximate surface area is 187 Å². The first kappa shape index (κ1) is 20.4. The first-order chi connectivity index (χ1) is 14.6. The van der Waals surface area contributed by atoms with E-state index >= 15 is 0 Å². The van der Waals surface area contributed by atoms with Gasteiger partial charge in [-0.25, -0.2) is 9.67 Å². The van der Waals surface area contributed by atoms with Gasteiger partial charge >= 0.3 is 0 Å². The molecule has 4 rings (SSSR count). The monoisotopic (exact) mass is 458 g/mol. The molecule has 0 aliphatic carbocycles. The quantitative estimate of drug-likeness (QED) is 0.395. The average Bonchev–Trinajstić information content (AvgIpc) is 3.40. The Morgan fingerprint density at radius 2 is 1.87 bits per heavy atom. The molecular formula is C21H16Cl2N4O2S. The van der Waals surface area contributed by atoms with Gasteiger partial charge in [0.25, 0.3) is 5.91 Å². The van der Waals surface area contributed by atoms with Crippen LogP contribution in [0.25, 0.3) is 0 Å². The number of rotatable bonds is 7. The maximum atomic E-state index is 12.5. The van der Waals surface area contributed by atoms with E-state index in [-0.39, 0.29) is 11.9 Å². The number of nitrogens with zero attached hydrogens (tertiary/aromatic N) is 3. The second-order valence-electron chi connectivity index (χ2n) is 6.34. The number of hydrogen-bond donors (Lipinski definition) is 1. The van der Waals surface area contributed by atoms with Crippen molar-refractivity contribution in [3.63, 3.8) is 0 Å². The highest BCUT2D eigenvalue weighted by Crippen LogP contribution is 2.25. The third-order valence-corrected chi connectivity index (χ3v) is 5.86. The molecule has 0 spiro atoms. The number of carbonyl (C=O) groups excluding carboxylic acids is 1. The number of nitrogens with one attached hydrogen (secondary N) is 1. The minimum Gasteiger partial charge on any atom is -0.489 e. The van der Waals surface area contributed by atoms with E-state index in [2.05, 4.69) is 15.4 Å². The summed E-state index contributed by atoms with van der Waals surface area (Å²) >= 11 is 13.7. The van der Waals surface area contributed by atoms with Crippen molar-refractivity contribution >= 4 is 46.4 Å². The number of aromatic nitrogens is 3. The Morgan fingerprint density at radius 1 is 1.10 bits per heavy atom. The molecule has 0 saturated heterocycles. The molecular weight excluding hydrogens is 443 g/mol. The van der Waals surface area contributed by atoms with Gasteiger partial charge in [0.1, 0.15) is 18.7 Å². The molecule has 9 heteroatoms. The normalized spacial score (nSPS) is 10.7. The zero-order valence-electron chi connectivity index (χ0n) is 15.6. The number of anilines is 1. The van der Waals surface area contributed by atoms with Gasteiger partial charge in [-0.15, -0.1) is 16.4 Å². The van der Waals surface area contributed by atoms with Gasteiger partial charge in [0, 0.05) is 21.2 Å². The fourth-order valence-electron chi connectivity index (χ4n) is 2.69. The van der Waals surface area contributed by atoms with E-state index < -0.39 is 0 Å². The van der Waals surface area contributed by atoms with E-state index in [1.165, 1.54) is 17.7 Å². The molecule has 0 fully saturated rings. The molecule has 0 atom stereocenters. The predicted octanol–water partition coefficient (Wildman–Crippen LogP) is 5.53. The van der Waals surface area contributed by atoms with E-state index in [0.29, 0.717) is 28.1 Å². The summed E-state index contributed by atoms with van der Waals surface area (Å²) in [5.74, 6) is 0.709. The summed E-state index contributed by atoms with van der Waals surface area (Å²) in [6, 6.07) is 16.6. The van der Waals surface area contributed by atoms with Crippen molar-refractivity contribution in [1.82, 2.24) is 14.8 Å². The molecule has 30 heavy (non-hydrogen) atoms. The summed E-state index contributed by atoms with van der Waals surface area (Å²) in [7, 11) is 0. The fraction of sp³-hybridized carbons (Fsp3) is 0.0952. The Bertz CT molecular complexity index is 1140. The Morgan fingerprint density at radius 3 is 2.63 bits per heavy atom. The van der Waals surface area contributed by atoms with Crippen molar-refractivity contribution in [3.05, 3.63) is 92.4 Å². The van der Waals surface area contributed by atoms with Crippen LogP contribution in [0.5, 0.6) is 5.75 Å². The van der Waals surface area contributed by atoms with E-state index in [4.69, 9.17) is 27.9 Å². The lowest BCUT2D eigenvalue weighted by Gasteiger charge is -2.06. The van der Waals surface area contributed by atoms with Crippen LogP contribution in [0.3, 0.4) is 0 Å². The average molecular weight is 459 g/mol. The first-order valence-corrected chi connectivity index (χ1v) is 10.6. The highest BCUT2D eigenvalue weighted by Gasteiger charge is 2.13. The standard InChI is InChI=1S/C21H16Cl2N4O2S/c22-17-7-4-8-18(23)16(17)10-27-13-24-21(26-27)25-20(28)19-9-14(12-30-19)11-29-15-5-2-1-3-6-15/h1-9,12-13H,10-11H2,(H,25,26,28). The summed E-state index contributed by atoms with van der Waals surface area (Å²) in [5, 5.41) is 9.96. The number of amides is 1. The zero-order valence-corrected chi connectivity index (χ0v) is 17.9. The van der Waals surface area contributed by atoms with Gasteiger partial charge in [0.2, 0.25) is 5.95 Å². The van der Waals surface area contributed by atoms with Crippen LogP contribution < -0.4 is 10.1 Å². The second kappa shape index (κ2) is 9.30. The fourth-order valence-corrected chi connectivity index (χ4v) is 4.00. The van der Waals surface area contributed by atoms with Crippen LogP contribution in [0.4, 0.5) is 5.95 Å². The molecule has 0 saturated carbocycles. The molecule has 1 amide bonds. The lowest BCUT2D eigenvalue weighted by Crippen LogP contribution is -2.12. The van der Waals surface area contributed by atoms with Gasteiger partial charge in [0.15, 0.2) is 0 Å². The third kappa shape index (κ3) is 4.99. The topological polar surface area (TPSA) is 69.0 Å². The number of thiophene rings is 1. The Kier molecular flexibility index (Phi) is 6.32. The molecule has 0 aliphatic rings. The second-order valence-corrected chi connectivity index (χ2v) is 8.07. The van der Waals surface area contributed by atoms with E-state index in [1.54, 1.807) is 28.9 Å². The number of para-hydroxylation sites is 1. The van der Waals surface area contributed by atoms with E-state index in [9.17, 15) is 4.79 Å². The summed E-state index contributed by atoms with van der Waals surface area (Å²) in [4.78, 5) is 17.2. The molecule has 1 N–H and O–H groups in total. The first-order valence-electron chi connectivity index (χ1n) is 8.97. The largest absolute Gasteiger partial charge is 0.489 e. The minimum absolute atomic E-state index is 0.207. The van der Waals surface area contributed by atoms with Crippen molar-refractivity contribution in [2.45, 2.75) is 13.2 Å². The third-order valence-electron chi connectivity index (χ3n) is 4.17. The molecule has 2 aromatic carbocycles. The van der Waals surface area contributed by atoms with Crippen LogP contribution in [0, 0.1) is 0 Å². The maximum Gasteiger partial charge on any atom is 0.268 e. The molecule has 6 nitrogen and oxygen atoms in total. The predicted molar refractivity (Wildman–Crippen MR) is 119 cm³/mol. The summed E-state index contributed by atoms with van der Waals surface area (Å²) < 4.78 is 7.27. The molecule has 2 aromatic heterocycles. The van der Waals surface area contributed by atoms with Crippen molar-refractivity contribution < 1.29 is 9.53 Å². The molecule has 152 valence electrons. The van der Waals surface area contributed by atoms with Gasteiger partial charge in [-0.3, -0.25) is 10.1 Å². The minimum atomic E-state index is -0.278. The van der Waals surface area contributed by atoms with Crippen LogP contribution in [-0.4, -0.2) is 20.7 Å². The van der Waals surface area contributed by atoms with E-state index in [0.717, 1.165) is 16.9 Å². The molecule has 0 radical (unpaired) electrons. The van der Waals surface area contributed by atoms with Crippen LogP contribution in [0.1, 0.15) is 20.8 Å². The summed E-state index contributed by atoms with van der Waals surface area (Å²) in [5.41, 5.74) is 1.66. The van der Waals surface area contributed by atoms with Crippen molar-refractivity contribution in [2.24, 2.45) is 0 Å². The van der Waals surface area contributed by atoms with Crippen LogP contribution in [-0.2, 0) is 13.2 Å². The SMILES string of the molecule is O=C(Nc1ncn(Cc2c(Cl)cccc2Cl)n1)c1cc(COc2ccccc2)cs1. The van der Waals surface area contributed by atoms with Gasteiger partial charge in [-0.2, -0.15) is 0 Å². The highest BCUT2D eigenvalue weighted by molar-refractivity contribution is 7.12. The smallest absolute Gasteiger partial charge is 0.268 e. The molecule has 4 aromatic rings. The number of ether oxygens (including phenoxy) is 1. The molecule has 0 aliphatic heterocycles. The zero-order chi connectivity index (χ0) is 20.9. The number of hydrogen-bond acceptors (Lipinski definition) is 5. The molecule has 0 unspecified atom stereocenters. The van der Waals surface area contributed by atoms with Gasteiger partial charge < -0.3 is 4.74 Å². The van der Waals surface area contributed by atoms with Gasteiger partial charge in [-0.1, -0.05) is 47.5 Å². The summed E-state index contributed by atoms with van der Waals surface area (Å²) in [6.07, 6.45) is 1.52. The lowest BCUT2D eigenvalue weighted by molar-refractivity contribution is 0.102. The number of carbonyl (C=O) groups is 1. The maximum absolute atomic E-state index is 12.5. The Balaban J connectivity index is 1.36. The highest BCUT2D eigenvalue weighted by atomic mass is 35.5.